The molecule has 1 heterocycles. The molecule has 1 aromatic heterocycles. The molecule has 0 aliphatic carbocycles. The Bertz CT molecular complexity index is 534. The second kappa shape index (κ2) is 5.59. The van der Waals surface area contributed by atoms with Crippen molar-refractivity contribution in [1.29, 1.82) is 0 Å². The van der Waals surface area contributed by atoms with Gasteiger partial charge in [-0.15, -0.1) is 11.3 Å². The third kappa shape index (κ3) is 4.26. The van der Waals surface area contributed by atoms with Crippen LogP contribution in [-0.2, 0) is 9.05 Å². The van der Waals surface area contributed by atoms with E-state index in [-0.39, 0.29) is 15.7 Å². The summed E-state index contributed by atoms with van der Waals surface area (Å²) in [6.45, 7) is 5.90. The highest BCUT2D eigenvalue weighted by Gasteiger charge is 2.22. The molecule has 0 fully saturated rings. The van der Waals surface area contributed by atoms with Crippen LogP contribution in [0.5, 0.6) is 0 Å². The highest BCUT2D eigenvalue weighted by atomic mass is 35.7. The Morgan fingerprint density at radius 1 is 1.50 bits per heavy atom. The van der Waals surface area contributed by atoms with Crippen LogP contribution in [0.2, 0.25) is 0 Å². The second-order valence-corrected chi connectivity index (χ2v) is 8.38. The van der Waals surface area contributed by atoms with Gasteiger partial charge in [0.2, 0.25) is 0 Å². The number of hydrogen-bond donors (Lipinski definition) is 1. The maximum atomic E-state index is 11.9. The molecule has 18 heavy (non-hydrogen) atoms. The van der Waals surface area contributed by atoms with E-state index < -0.39 is 9.05 Å². The van der Waals surface area contributed by atoms with Crippen molar-refractivity contribution in [3.63, 3.8) is 0 Å². The molecule has 0 aromatic carbocycles. The van der Waals surface area contributed by atoms with Gasteiger partial charge >= 0.3 is 0 Å². The molecule has 1 aromatic rings. The molecule has 0 atom stereocenters. The molecule has 0 radical (unpaired) electrons. The number of amides is 1. The maximum Gasteiger partial charge on any atom is 0.270 e. The van der Waals surface area contributed by atoms with Crippen LogP contribution < -0.4 is 5.32 Å². The molecule has 1 rings (SSSR count). The summed E-state index contributed by atoms with van der Waals surface area (Å²) in [5.74, 6) is -0.281. The van der Waals surface area contributed by atoms with Crippen LogP contribution in [0.25, 0.3) is 0 Å². The second-order valence-electron chi connectivity index (χ2n) is 4.68. The number of thiophene rings is 1. The lowest BCUT2D eigenvalue weighted by Gasteiger charge is -2.25. The largest absolute Gasteiger partial charge is 0.347 e. The Kier molecular flexibility index (Phi) is 4.80. The lowest BCUT2D eigenvalue weighted by molar-refractivity contribution is 0.0909. The summed E-state index contributed by atoms with van der Waals surface area (Å²) in [5, 5.41) is 4.36. The normalized spacial score (nSPS) is 12.4. The molecule has 7 heteroatoms. The first-order chi connectivity index (χ1) is 8.15. The van der Waals surface area contributed by atoms with Crippen LogP contribution in [0.4, 0.5) is 0 Å². The SMILES string of the molecule is CCCC(C)(C)NC(=O)c1csc(S(=O)(=O)Cl)c1. The highest BCUT2D eigenvalue weighted by molar-refractivity contribution is 8.15. The molecule has 0 unspecified atom stereocenters. The van der Waals surface area contributed by atoms with Crippen molar-refractivity contribution in [1.82, 2.24) is 5.32 Å². The number of hydrogen-bond acceptors (Lipinski definition) is 4. The predicted octanol–water partition coefficient (Wildman–Crippen LogP) is 2.98. The molecule has 1 amide bonds. The summed E-state index contributed by atoms with van der Waals surface area (Å²) >= 11 is 0.943. The monoisotopic (exact) mass is 309 g/mol. The van der Waals surface area contributed by atoms with Crippen molar-refractivity contribution in [2.24, 2.45) is 0 Å². The molecule has 0 bridgehead atoms. The van der Waals surface area contributed by atoms with Crippen LogP contribution in [0.15, 0.2) is 15.7 Å². The standard InChI is InChI=1S/C11H16ClNO3S2/c1-4-5-11(2,3)13-10(14)8-6-9(17-7-8)18(12,15)16/h6-7H,4-5H2,1-3H3,(H,13,14). The number of nitrogens with one attached hydrogen (secondary N) is 1. The van der Waals surface area contributed by atoms with Gasteiger partial charge in [-0.25, -0.2) is 8.42 Å². The van der Waals surface area contributed by atoms with E-state index in [9.17, 15) is 13.2 Å². The average molecular weight is 310 g/mol. The number of halogens is 1. The smallest absolute Gasteiger partial charge is 0.270 e. The van der Waals surface area contributed by atoms with E-state index in [1.165, 1.54) is 11.4 Å². The van der Waals surface area contributed by atoms with Gasteiger partial charge in [0.15, 0.2) is 0 Å². The summed E-state index contributed by atoms with van der Waals surface area (Å²) in [6.07, 6.45) is 1.81. The lowest BCUT2D eigenvalue weighted by Crippen LogP contribution is -2.43. The summed E-state index contributed by atoms with van der Waals surface area (Å²) in [5.41, 5.74) is 0.0109. The third-order valence-electron chi connectivity index (χ3n) is 2.40. The molecule has 1 N–H and O–H groups in total. The fourth-order valence-electron chi connectivity index (χ4n) is 1.63. The number of rotatable bonds is 5. The van der Waals surface area contributed by atoms with Gasteiger partial charge in [0.05, 0.1) is 5.56 Å². The van der Waals surface area contributed by atoms with E-state index in [0.717, 1.165) is 24.2 Å². The molecule has 102 valence electrons. The van der Waals surface area contributed by atoms with Gasteiger partial charge in [-0.1, -0.05) is 13.3 Å². The molecule has 0 spiro atoms. The Balaban J connectivity index is 2.83. The van der Waals surface area contributed by atoms with E-state index in [1.807, 2.05) is 20.8 Å². The molecule has 0 saturated carbocycles. The van der Waals surface area contributed by atoms with E-state index in [0.29, 0.717) is 5.56 Å². The first-order valence-electron chi connectivity index (χ1n) is 5.51. The molecule has 0 aliphatic heterocycles. The van der Waals surface area contributed by atoms with Crippen LogP contribution in [0, 0.1) is 0 Å². The quantitative estimate of drug-likeness (QED) is 0.850. The van der Waals surface area contributed by atoms with Crippen molar-refractivity contribution in [3.8, 4) is 0 Å². The molecular formula is C11H16ClNO3S2. The van der Waals surface area contributed by atoms with Crippen molar-refractivity contribution in [2.45, 2.75) is 43.4 Å². The predicted molar refractivity (Wildman–Crippen MR) is 73.8 cm³/mol. The minimum atomic E-state index is -3.76. The van der Waals surface area contributed by atoms with E-state index in [2.05, 4.69) is 5.32 Å². The molecule has 0 aliphatic rings. The van der Waals surface area contributed by atoms with Gasteiger partial charge in [-0.2, -0.15) is 0 Å². The highest BCUT2D eigenvalue weighted by Crippen LogP contribution is 2.24. The van der Waals surface area contributed by atoms with Crippen molar-refractivity contribution in [3.05, 3.63) is 17.0 Å². The van der Waals surface area contributed by atoms with Gasteiger partial charge in [0.25, 0.3) is 15.0 Å². The van der Waals surface area contributed by atoms with Gasteiger partial charge in [0.1, 0.15) is 4.21 Å². The van der Waals surface area contributed by atoms with E-state index in [1.54, 1.807) is 0 Å². The Hall–Kier alpha value is -0.590. The first-order valence-corrected chi connectivity index (χ1v) is 8.70. The van der Waals surface area contributed by atoms with Crippen LogP contribution in [0.3, 0.4) is 0 Å². The number of carbonyl (C=O) groups is 1. The van der Waals surface area contributed by atoms with Crippen LogP contribution >= 0.6 is 22.0 Å². The van der Waals surface area contributed by atoms with Gasteiger partial charge in [0, 0.05) is 21.6 Å². The molecular weight excluding hydrogens is 294 g/mol. The third-order valence-corrected chi connectivity index (χ3v) is 5.45. The average Bonchev–Trinajstić information content (AvgIpc) is 2.63. The minimum absolute atomic E-state index is 0.0115. The number of carbonyl (C=O) groups excluding carboxylic acids is 1. The zero-order valence-corrected chi connectivity index (χ0v) is 12.9. The zero-order chi connectivity index (χ0) is 14.0. The van der Waals surface area contributed by atoms with E-state index in [4.69, 9.17) is 10.7 Å². The Morgan fingerprint density at radius 2 is 2.11 bits per heavy atom. The van der Waals surface area contributed by atoms with Gasteiger partial charge < -0.3 is 5.32 Å². The first kappa shape index (κ1) is 15.5. The fourth-order valence-corrected chi connectivity index (χ4v) is 3.58. The molecule has 4 nitrogen and oxygen atoms in total. The van der Waals surface area contributed by atoms with Crippen molar-refractivity contribution in [2.75, 3.05) is 0 Å². The summed E-state index contributed by atoms with van der Waals surface area (Å²) in [6, 6.07) is 1.30. The van der Waals surface area contributed by atoms with Gasteiger partial charge in [-0.05, 0) is 26.3 Å². The van der Waals surface area contributed by atoms with Crippen LogP contribution in [-0.4, -0.2) is 19.9 Å². The Morgan fingerprint density at radius 3 is 2.56 bits per heavy atom. The van der Waals surface area contributed by atoms with Crippen LogP contribution in [0.1, 0.15) is 44.0 Å². The Labute approximate surface area is 116 Å². The lowest BCUT2D eigenvalue weighted by atomic mass is 9.98. The fraction of sp³-hybridized carbons (Fsp3) is 0.545. The zero-order valence-electron chi connectivity index (χ0n) is 10.5. The summed E-state index contributed by atoms with van der Waals surface area (Å²) in [4.78, 5) is 11.9. The topological polar surface area (TPSA) is 63.2 Å². The maximum absolute atomic E-state index is 11.9. The molecule has 0 saturated heterocycles. The summed E-state index contributed by atoms with van der Waals surface area (Å²) in [7, 11) is 1.45. The van der Waals surface area contributed by atoms with Gasteiger partial charge in [-0.3, -0.25) is 4.79 Å². The minimum Gasteiger partial charge on any atom is -0.347 e. The van der Waals surface area contributed by atoms with E-state index >= 15 is 0 Å². The van der Waals surface area contributed by atoms with Crippen molar-refractivity contribution < 1.29 is 13.2 Å². The van der Waals surface area contributed by atoms with Crippen molar-refractivity contribution >= 4 is 37.0 Å². The summed E-state index contributed by atoms with van der Waals surface area (Å²) < 4.78 is 22.2.